The standard InChI is InChI=1S/C14H32B2N2/c1-11(2)17(12(3)4)15-9-16(10-15)18(13(5)6)14(7)8/h11-14H,9-10H2,1-8H3. The second-order valence-corrected chi connectivity index (χ2v) is 7.05. The van der Waals surface area contributed by atoms with Gasteiger partial charge in [-0.2, -0.15) is 0 Å². The van der Waals surface area contributed by atoms with E-state index in [0.717, 1.165) is 13.7 Å². The number of hydrogen-bond acceptors (Lipinski definition) is 2. The van der Waals surface area contributed by atoms with Crippen LogP contribution in [0, 0.1) is 0 Å². The second kappa shape index (κ2) is 6.47. The Morgan fingerprint density at radius 3 is 0.944 bits per heavy atom. The van der Waals surface area contributed by atoms with Crippen molar-refractivity contribution in [2.45, 2.75) is 92.0 Å². The lowest BCUT2D eigenvalue weighted by Crippen LogP contribution is -2.64. The van der Waals surface area contributed by atoms with Gasteiger partial charge in [-0.15, -0.1) is 0 Å². The SMILES string of the molecule is CC(C)N(B1CB(N(C(C)C)C(C)C)C1)C(C)C. The van der Waals surface area contributed by atoms with Crippen molar-refractivity contribution in [2.75, 3.05) is 0 Å². The monoisotopic (exact) mass is 250 g/mol. The summed E-state index contributed by atoms with van der Waals surface area (Å²) in [5.74, 6) is 0. The van der Waals surface area contributed by atoms with Gasteiger partial charge in [0.15, 0.2) is 0 Å². The van der Waals surface area contributed by atoms with E-state index in [2.05, 4.69) is 65.0 Å². The van der Waals surface area contributed by atoms with Crippen LogP contribution in [0.5, 0.6) is 0 Å². The predicted octanol–water partition coefficient (Wildman–Crippen LogP) is 3.30. The van der Waals surface area contributed by atoms with Crippen molar-refractivity contribution >= 4 is 13.7 Å². The van der Waals surface area contributed by atoms with Crippen LogP contribution < -0.4 is 0 Å². The Morgan fingerprint density at radius 1 is 0.556 bits per heavy atom. The maximum atomic E-state index is 2.69. The van der Waals surface area contributed by atoms with E-state index in [0.29, 0.717) is 24.2 Å². The lowest BCUT2D eigenvalue weighted by atomic mass is 9.16. The quantitative estimate of drug-likeness (QED) is 0.667. The molecule has 0 aliphatic carbocycles. The molecule has 0 aromatic heterocycles. The average Bonchev–Trinajstić information content (AvgIpc) is 2.11. The van der Waals surface area contributed by atoms with Crippen molar-refractivity contribution in [3.05, 3.63) is 0 Å². The maximum Gasteiger partial charge on any atom is 0.211 e. The van der Waals surface area contributed by atoms with E-state index in [1.54, 1.807) is 0 Å². The first-order valence-electron chi connectivity index (χ1n) is 7.80. The molecule has 1 rings (SSSR count). The van der Waals surface area contributed by atoms with Crippen molar-refractivity contribution < 1.29 is 0 Å². The Morgan fingerprint density at radius 2 is 0.778 bits per heavy atom. The maximum absolute atomic E-state index is 2.69. The molecule has 1 saturated heterocycles. The highest BCUT2D eigenvalue weighted by molar-refractivity contribution is 6.92. The van der Waals surface area contributed by atoms with E-state index in [-0.39, 0.29) is 0 Å². The van der Waals surface area contributed by atoms with Crippen LogP contribution in [-0.4, -0.2) is 47.5 Å². The molecule has 0 unspecified atom stereocenters. The topological polar surface area (TPSA) is 6.48 Å². The van der Waals surface area contributed by atoms with Gasteiger partial charge in [-0.05, 0) is 24.2 Å². The molecule has 0 N–H and O–H groups in total. The minimum absolute atomic E-state index is 0.669. The summed E-state index contributed by atoms with van der Waals surface area (Å²) >= 11 is 0. The smallest absolute Gasteiger partial charge is 0.211 e. The summed E-state index contributed by atoms with van der Waals surface area (Å²) in [6, 6.07) is 2.68. The van der Waals surface area contributed by atoms with Crippen molar-refractivity contribution in [2.24, 2.45) is 0 Å². The fraction of sp³-hybridized carbons (Fsp3) is 1.00. The van der Waals surface area contributed by atoms with Gasteiger partial charge in [-0.1, -0.05) is 67.8 Å². The van der Waals surface area contributed by atoms with Gasteiger partial charge in [0.2, 0.25) is 13.7 Å². The molecule has 1 fully saturated rings. The van der Waals surface area contributed by atoms with Crippen LogP contribution >= 0.6 is 0 Å². The molecule has 2 nitrogen and oxygen atoms in total. The number of rotatable bonds is 6. The average molecular weight is 250 g/mol. The molecule has 1 heterocycles. The van der Waals surface area contributed by atoms with Gasteiger partial charge < -0.3 is 9.62 Å². The van der Waals surface area contributed by atoms with Gasteiger partial charge in [0, 0.05) is 0 Å². The first kappa shape index (κ1) is 16.1. The largest absolute Gasteiger partial charge is 0.339 e. The molecule has 1 aliphatic rings. The molecule has 104 valence electrons. The molecule has 4 heteroatoms. The Kier molecular flexibility index (Phi) is 5.79. The second-order valence-electron chi connectivity index (χ2n) is 7.05. The highest BCUT2D eigenvalue weighted by Gasteiger charge is 2.45. The summed E-state index contributed by atoms with van der Waals surface area (Å²) in [7, 11) is 0. The first-order chi connectivity index (χ1) is 8.25. The molecule has 0 spiro atoms. The summed E-state index contributed by atoms with van der Waals surface area (Å²) in [5.41, 5.74) is 0. The van der Waals surface area contributed by atoms with Crippen LogP contribution in [0.1, 0.15) is 55.4 Å². The van der Waals surface area contributed by atoms with Crippen LogP contribution in [0.2, 0.25) is 12.4 Å². The summed E-state index contributed by atoms with van der Waals surface area (Å²) in [5, 5.41) is 0. The fourth-order valence-corrected chi connectivity index (χ4v) is 3.93. The van der Waals surface area contributed by atoms with Crippen LogP contribution in [0.4, 0.5) is 0 Å². The molecule has 0 radical (unpaired) electrons. The number of nitrogens with zero attached hydrogens (tertiary/aromatic N) is 2. The van der Waals surface area contributed by atoms with Gasteiger partial charge in [0.25, 0.3) is 0 Å². The third-order valence-corrected chi connectivity index (χ3v) is 4.32. The van der Waals surface area contributed by atoms with Crippen molar-refractivity contribution in [1.82, 2.24) is 9.62 Å². The third-order valence-electron chi connectivity index (χ3n) is 4.32. The van der Waals surface area contributed by atoms with E-state index in [4.69, 9.17) is 0 Å². The molecule has 1 aliphatic heterocycles. The van der Waals surface area contributed by atoms with Crippen LogP contribution in [0.15, 0.2) is 0 Å². The summed E-state index contributed by atoms with van der Waals surface area (Å²) in [6.07, 6.45) is 2.71. The summed E-state index contributed by atoms with van der Waals surface area (Å²) in [4.78, 5) is 5.38. The normalized spacial score (nSPS) is 17.0. The molecular weight excluding hydrogens is 218 g/mol. The van der Waals surface area contributed by atoms with Crippen molar-refractivity contribution in [1.29, 1.82) is 0 Å². The van der Waals surface area contributed by atoms with Crippen LogP contribution in [0.3, 0.4) is 0 Å². The van der Waals surface area contributed by atoms with E-state index < -0.39 is 0 Å². The molecule has 0 amide bonds. The van der Waals surface area contributed by atoms with E-state index in [1.807, 2.05) is 0 Å². The lowest BCUT2D eigenvalue weighted by molar-refractivity contribution is 0.285. The minimum atomic E-state index is 0.669. The van der Waals surface area contributed by atoms with Gasteiger partial charge >= 0.3 is 0 Å². The highest BCUT2D eigenvalue weighted by Crippen LogP contribution is 2.30. The molecular formula is C14H32B2N2. The zero-order valence-electron chi connectivity index (χ0n) is 13.8. The van der Waals surface area contributed by atoms with Gasteiger partial charge in [-0.25, -0.2) is 0 Å². The van der Waals surface area contributed by atoms with Crippen molar-refractivity contribution in [3.8, 4) is 0 Å². The molecule has 0 atom stereocenters. The van der Waals surface area contributed by atoms with Crippen molar-refractivity contribution in [3.63, 3.8) is 0 Å². The highest BCUT2D eigenvalue weighted by atomic mass is 15.1. The van der Waals surface area contributed by atoms with Gasteiger partial charge in [0.1, 0.15) is 0 Å². The Labute approximate surface area is 116 Å². The van der Waals surface area contributed by atoms with E-state index in [9.17, 15) is 0 Å². The van der Waals surface area contributed by atoms with Gasteiger partial charge in [-0.3, -0.25) is 0 Å². The Bertz CT molecular complexity index is 208. The van der Waals surface area contributed by atoms with Crippen LogP contribution in [0.25, 0.3) is 0 Å². The molecule has 0 aromatic rings. The fourth-order valence-electron chi connectivity index (χ4n) is 3.93. The lowest BCUT2D eigenvalue weighted by Gasteiger charge is -2.49. The Balaban J connectivity index is 2.56. The Hall–Kier alpha value is 0.0499. The minimum Gasteiger partial charge on any atom is -0.339 e. The molecule has 18 heavy (non-hydrogen) atoms. The molecule has 0 saturated carbocycles. The van der Waals surface area contributed by atoms with E-state index in [1.165, 1.54) is 12.4 Å². The predicted molar refractivity (Wildman–Crippen MR) is 85.3 cm³/mol. The third kappa shape index (κ3) is 3.54. The zero-order valence-corrected chi connectivity index (χ0v) is 13.8. The number of hydrogen-bond donors (Lipinski definition) is 0. The summed E-state index contributed by atoms with van der Waals surface area (Å²) < 4.78 is 0. The first-order valence-corrected chi connectivity index (χ1v) is 7.80. The molecule has 0 bridgehead atoms. The zero-order chi connectivity index (χ0) is 14.0. The van der Waals surface area contributed by atoms with Gasteiger partial charge in [0.05, 0.1) is 0 Å². The summed E-state index contributed by atoms with van der Waals surface area (Å²) in [6.45, 7) is 20.2. The van der Waals surface area contributed by atoms with E-state index >= 15 is 0 Å². The van der Waals surface area contributed by atoms with Crippen LogP contribution in [-0.2, 0) is 0 Å². The molecule has 0 aromatic carbocycles.